The molecule has 1 N–H and O–H groups in total. The van der Waals surface area contributed by atoms with Crippen LogP contribution in [0.2, 0.25) is 0 Å². The molecule has 3 heteroatoms. The summed E-state index contributed by atoms with van der Waals surface area (Å²) >= 11 is 0. The molecule has 1 atom stereocenters. The molecule has 1 saturated heterocycles. The van der Waals surface area contributed by atoms with Gasteiger partial charge in [0, 0.05) is 6.54 Å². The van der Waals surface area contributed by atoms with E-state index in [1.54, 1.807) is 0 Å². The molecule has 1 amide bonds. The van der Waals surface area contributed by atoms with E-state index < -0.39 is 0 Å². The zero-order chi connectivity index (χ0) is 10.8. The van der Waals surface area contributed by atoms with Gasteiger partial charge in [-0.1, -0.05) is 23.8 Å². The van der Waals surface area contributed by atoms with Gasteiger partial charge in [-0.25, -0.2) is 0 Å². The number of carbonyl (C=O) groups excluding carboxylic acids is 1. The molecule has 1 heterocycles. The van der Waals surface area contributed by atoms with Gasteiger partial charge < -0.3 is 10.1 Å². The molecule has 15 heavy (non-hydrogen) atoms. The number of rotatable bonds is 1. The van der Waals surface area contributed by atoms with Crippen molar-refractivity contribution >= 4 is 5.91 Å². The minimum Gasteiger partial charge on any atom is -0.362 e. The van der Waals surface area contributed by atoms with Crippen LogP contribution in [0.5, 0.6) is 0 Å². The van der Waals surface area contributed by atoms with Crippen LogP contribution in [0.3, 0.4) is 0 Å². The third-order valence-corrected chi connectivity index (χ3v) is 2.67. The molecule has 0 bridgehead atoms. The Morgan fingerprint density at radius 2 is 2.20 bits per heavy atom. The molecule has 1 fully saturated rings. The summed E-state index contributed by atoms with van der Waals surface area (Å²) in [5.41, 5.74) is 3.63. The molecule has 1 aliphatic rings. The maximum absolute atomic E-state index is 10.9. The maximum atomic E-state index is 10.9. The number of morpholine rings is 1. The first kappa shape index (κ1) is 10.2. The van der Waals surface area contributed by atoms with Crippen LogP contribution in [0.1, 0.15) is 22.8 Å². The lowest BCUT2D eigenvalue weighted by molar-refractivity contribution is -0.133. The number of benzene rings is 1. The lowest BCUT2D eigenvalue weighted by atomic mass is 10.0. The summed E-state index contributed by atoms with van der Waals surface area (Å²) in [4.78, 5) is 10.9. The second kappa shape index (κ2) is 4.03. The molecular formula is C12H15NO2. The van der Waals surface area contributed by atoms with Gasteiger partial charge in [-0.15, -0.1) is 0 Å². The van der Waals surface area contributed by atoms with Crippen LogP contribution in [0, 0.1) is 13.8 Å². The first-order valence-electron chi connectivity index (χ1n) is 5.12. The predicted octanol–water partition coefficient (Wildman–Crippen LogP) is 1.49. The first-order valence-corrected chi connectivity index (χ1v) is 5.12. The molecule has 0 spiro atoms. The van der Waals surface area contributed by atoms with Gasteiger partial charge in [0.2, 0.25) is 5.91 Å². The van der Waals surface area contributed by atoms with E-state index in [1.165, 1.54) is 16.7 Å². The molecule has 0 radical (unpaired) electrons. The molecule has 80 valence electrons. The van der Waals surface area contributed by atoms with E-state index in [9.17, 15) is 4.79 Å². The van der Waals surface area contributed by atoms with E-state index in [1.807, 2.05) is 0 Å². The van der Waals surface area contributed by atoms with E-state index in [0.717, 1.165) is 0 Å². The summed E-state index contributed by atoms with van der Waals surface area (Å²) in [6.45, 7) is 4.88. The van der Waals surface area contributed by atoms with Gasteiger partial charge in [0.05, 0.1) is 0 Å². The fraction of sp³-hybridized carbons (Fsp3) is 0.417. The summed E-state index contributed by atoms with van der Waals surface area (Å²) in [5.74, 6) is -0.0315. The van der Waals surface area contributed by atoms with E-state index in [-0.39, 0.29) is 18.6 Å². The Bertz CT molecular complexity index is 377. The van der Waals surface area contributed by atoms with E-state index in [4.69, 9.17) is 4.74 Å². The van der Waals surface area contributed by atoms with Crippen LogP contribution >= 0.6 is 0 Å². The Hall–Kier alpha value is -1.35. The van der Waals surface area contributed by atoms with Crippen LogP contribution in [0.25, 0.3) is 0 Å². The van der Waals surface area contributed by atoms with Gasteiger partial charge >= 0.3 is 0 Å². The Labute approximate surface area is 89.4 Å². The molecule has 0 aromatic heterocycles. The highest BCUT2D eigenvalue weighted by Gasteiger charge is 2.21. The zero-order valence-corrected chi connectivity index (χ0v) is 9.04. The van der Waals surface area contributed by atoms with Gasteiger partial charge in [0.25, 0.3) is 0 Å². The van der Waals surface area contributed by atoms with Crippen molar-refractivity contribution in [1.82, 2.24) is 5.32 Å². The van der Waals surface area contributed by atoms with Crippen molar-refractivity contribution in [2.24, 2.45) is 0 Å². The van der Waals surface area contributed by atoms with Crippen molar-refractivity contribution in [3.63, 3.8) is 0 Å². The van der Waals surface area contributed by atoms with Crippen molar-refractivity contribution in [3.05, 3.63) is 34.9 Å². The largest absolute Gasteiger partial charge is 0.362 e. The van der Waals surface area contributed by atoms with Crippen LogP contribution in [0.15, 0.2) is 18.2 Å². The molecule has 1 aliphatic heterocycles. The van der Waals surface area contributed by atoms with Crippen LogP contribution < -0.4 is 5.32 Å². The minimum absolute atomic E-state index is 0.00306. The molecule has 2 rings (SSSR count). The number of carbonyl (C=O) groups is 1. The zero-order valence-electron chi connectivity index (χ0n) is 9.04. The van der Waals surface area contributed by atoms with Gasteiger partial charge in [0.15, 0.2) is 0 Å². The van der Waals surface area contributed by atoms with Crippen molar-refractivity contribution in [2.45, 2.75) is 20.0 Å². The standard InChI is InChI=1S/C12H15NO2/c1-8-3-4-10(9(2)5-8)11-6-13-12(14)7-15-11/h3-5,11H,6-7H2,1-2H3,(H,13,14)/t11-/m0/s1. The average Bonchev–Trinajstić information content (AvgIpc) is 2.20. The summed E-state index contributed by atoms with van der Waals surface area (Å²) < 4.78 is 5.48. The Balaban J connectivity index is 2.19. The van der Waals surface area contributed by atoms with E-state index in [2.05, 4.69) is 37.4 Å². The van der Waals surface area contributed by atoms with Gasteiger partial charge in [-0.2, -0.15) is 0 Å². The Kier molecular flexibility index (Phi) is 2.73. The third-order valence-electron chi connectivity index (χ3n) is 2.67. The van der Waals surface area contributed by atoms with Crippen LogP contribution in [0.4, 0.5) is 0 Å². The van der Waals surface area contributed by atoms with Crippen molar-refractivity contribution < 1.29 is 9.53 Å². The van der Waals surface area contributed by atoms with E-state index >= 15 is 0 Å². The number of nitrogens with one attached hydrogen (secondary N) is 1. The second-order valence-corrected chi connectivity index (χ2v) is 3.96. The summed E-state index contributed by atoms with van der Waals surface area (Å²) in [5, 5.41) is 2.81. The predicted molar refractivity (Wildman–Crippen MR) is 57.6 cm³/mol. The Morgan fingerprint density at radius 3 is 2.80 bits per heavy atom. The molecule has 3 nitrogen and oxygen atoms in total. The highest BCUT2D eigenvalue weighted by atomic mass is 16.5. The number of hydrogen-bond donors (Lipinski definition) is 1. The number of hydrogen-bond acceptors (Lipinski definition) is 2. The van der Waals surface area contributed by atoms with Gasteiger partial charge in [-0.3, -0.25) is 4.79 Å². The quantitative estimate of drug-likeness (QED) is 0.754. The Morgan fingerprint density at radius 1 is 1.40 bits per heavy atom. The number of amides is 1. The second-order valence-electron chi connectivity index (χ2n) is 3.96. The van der Waals surface area contributed by atoms with Crippen molar-refractivity contribution in [1.29, 1.82) is 0 Å². The first-order chi connectivity index (χ1) is 7.16. The molecule has 0 aliphatic carbocycles. The third kappa shape index (κ3) is 2.18. The molecule has 1 aromatic carbocycles. The smallest absolute Gasteiger partial charge is 0.246 e. The summed E-state index contributed by atoms with van der Waals surface area (Å²) in [6.07, 6.45) is 0.00306. The molecular weight excluding hydrogens is 190 g/mol. The fourth-order valence-corrected chi connectivity index (χ4v) is 1.88. The number of aryl methyl sites for hydroxylation is 2. The van der Waals surface area contributed by atoms with Gasteiger partial charge in [0.1, 0.15) is 12.7 Å². The molecule has 0 unspecified atom stereocenters. The van der Waals surface area contributed by atoms with Crippen molar-refractivity contribution in [2.75, 3.05) is 13.2 Å². The SMILES string of the molecule is Cc1ccc([C@@H]2CNC(=O)CO2)c(C)c1. The van der Waals surface area contributed by atoms with Crippen LogP contribution in [-0.4, -0.2) is 19.1 Å². The monoisotopic (exact) mass is 205 g/mol. The topological polar surface area (TPSA) is 38.3 Å². The highest BCUT2D eigenvalue weighted by molar-refractivity contribution is 5.77. The highest BCUT2D eigenvalue weighted by Crippen LogP contribution is 2.23. The van der Waals surface area contributed by atoms with E-state index in [0.29, 0.717) is 6.54 Å². The van der Waals surface area contributed by atoms with Gasteiger partial charge in [-0.05, 0) is 25.0 Å². The molecule has 0 saturated carbocycles. The van der Waals surface area contributed by atoms with Crippen LogP contribution in [-0.2, 0) is 9.53 Å². The average molecular weight is 205 g/mol. The summed E-state index contributed by atoms with van der Waals surface area (Å²) in [6, 6.07) is 6.28. The number of ether oxygens (including phenoxy) is 1. The minimum atomic E-state index is -0.0315. The van der Waals surface area contributed by atoms with Crippen molar-refractivity contribution in [3.8, 4) is 0 Å². The lowest BCUT2D eigenvalue weighted by Gasteiger charge is -2.24. The maximum Gasteiger partial charge on any atom is 0.246 e. The normalized spacial score (nSPS) is 21.2. The summed E-state index contributed by atoms with van der Waals surface area (Å²) in [7, 11) is 0. The fourth-order valence-electron chi connectivity index (χ4n) is 1.88. The molecule has 1 aromatic rings. The lowest BCUT2D eigenvalue weighted by Crippen LogP contribution is -2.38.